The molecule has 0 amide bonds. The Morgan fingerprint density at radius 2 is 1.05 bits per heavy atom. The SMILES string of the molecule is CCCCCCCCCCCCCCCCCCCCCCCCCC(=O)OC[C@H](COP(=O)(O)OCCN)OC(C)=O. The number of rotatable bonds is 33. The molecule has 0 aliphatic carbocycles. The molecule has 0 rings (SSSR count). The highest BCUT2D eigenvalue weighted by Crippen LogP contribution is 2.43. The van der Waals surface area contributed by atoms with E-state index < -0.39 is 32.5 Å². The monoisotopic (exact) mass is 635 g/mol. The van der Waals surface area contributed by atoms with E-state index in [2.05, 4.69) is 11.4 Å². The molecule has 256 valence electrons. The summed E-state index contributed by atoms with van der Waals surface area (Å²) in [6.45, 7) is 2.68. The van der Waals surface area contributed by atoms with E-state index in [-0.39, 0.29) is 26.2 Å². The molecule has 43 heavy (non-hydrogen) atoms. The minimum Gasteiger partial charge on any atom is -0.462 e. The number of ether oxygens (including phenoxy) is 2. The number of nitrogens with two attached hydrogens (primary N) is 1. The second-order valence-corrected chi connectivity index (χ2v) is 13.3. The molecule has 9 nitrogen and oxygen atoms in total. The Morgan fingerprint density at radius 1 is 0.651 bits per heavy atom. The third kappa shape index (κ3) is 32.2. The van der Waals surface area contributed by atoms with Gasteiger partial charge in [-0.25, -0.2) is 4.57 Å². The van der Waals surface area contributed by atoms with Crippen molar-refractivity contribution in [2.45, 2.75) is 174 Å². The van der Waals surface area contributed by atoms with E-state index in [1.54, 1.807) is 0 Å². The fraction of sp³-hybridized carbons (Fsp3) is 0.939. The van der Waals surface area contributed by atoms with Gasteiger partial charge in [0.25, 0.3) is 0 Å². The van der Waals surface area contributed by atoms with Gasteiger partial charge in [0.05, 0.1) is 13.2 Å². The van der Waals surface area contributed by atoms with Gasteiger partial charge in [-0.15, -0.1) is 0 Å². The number of esters is 2. The maximum absolute atomic E-state index is 12.0. The van der Waals surface area contributed by atoms with Crippen LogP contribution in [0.15, 0.2) is 0 Å². The Labute approximate surface area is 263 Å². The van der Waals surface area contributed by atoms with Crippen molar-refractivity contribution in [3.05, 3.63) is 0 Å². The van der Waals surface area contributed by atoms with Crippen LogP contribution in [-0.4, -0.2) is 49.3 Å². The lowest BCUT2D eigenvalue weighted by atomic mass is 10.0. The fourth-order valence-corrected chi connectivity index (χ4v) is 5.81. The van der Waals surface area contributed by atoms with Gasteiger partial charge in [0.1, 0.15) is 6.61 Å². The smallest absolute Gasteiger partial charge is 0.462 e. The van der Waals surface area contributed by atoms with Gasteiger partial charge < -0.3 is 20.1 Å². The van der Waals surface area contributed by atoms with Crippen LogP contribution >= 0.6 is 7.82 Å². The standard InChI is InChI=1S/C33H66NO8P/c1-3-4-5-6-7-8-9-10-11-12-13-14-15-16-17-18-19-20-21-22-23-24-25-26-33(36)39-29-32(42-31(2)35)30-41-43(37,38)40-28-27-34/h32H,3-30,34H2,1-2H3,(H,37,38)/t32-/m1/s1. The van der Waals surface area contributed by atoms with E-state index in [9.17, 15) is 19.0 Å². The van der Waals surface area contributed by atoms with Gasteiger partial charge in [-0.1, -0.05) is 148 Å². The molecular weight excluding hydrogens is 569 g/mol. The van der Waals surface area contributed by atoms with Crippen LogP contribution in [0.4, 0.5) is 0 Å². The lowest BCUT2D eigenvalue weighted by Crippen LogP contribution is -2.28. The molecule has 0 aliphatic rings. The maximum atomic E-state index is 12.0. The highest BCUT2D eigenvalue weighted by molar-refractivity contribution is 7.47. The highest BCUT2D eigenvalue weighted by atomic mass is 31.2. The molecule has 0 bridgehead atoms. The summed E-state index contributed by atoms with van der Waals surface area (Å²) in [4.78, 5) is 32.9. The Hall–Kier alpha value is -0.990. The van der Waals surface area contributed by atoms with Crippen molar-refractivity contribution in [1.82, 2.24) is 0 Å². The molecule has 0 spiro atoms. The summed E-state index contributed by atoms with van der Waals surface area (Å²) < 4.78 is 31.3. The van der Waals surface area contributed by atoms with Crippen molar-refractivity contribution in [2.75, 3.05) is 26.4 Å². The molecule has 2 atom stereocenters. The average Bonchev–Trinajstić information content (AvgIpc) is 2.97. The van der Waals surface area contributed by atoms with E-state index >= 15 is 0 Å². The molecule has 3 N–H and O–H groups in total. The number of carbonyl (C=O) groups excluding carboxylic acids is 2. The van der Waals surface area contributed by atoms with Gasteiger partial charge in [0.15, 0.2) is 6.10 Å². The zero-order valence-corrected chi connectivity index (χ0v) is 28.6. The molecule has 1 unspecified atom stereocenters. The number of hydrogen-bond donors (Lipinski definition) is 2. The van der Waals surface area contributed by atoms with Crippen molar-refractivity contribution in [2.24, 2.45) is 5.73 Å². The van der Waals surface area contributed by atoms with Crippen LogP contribution in [0.25, 0.3) is 0 Å². The second kappa shape index (κ2) is 31.0. The van der Waals surface area contributed by atoms with Crippen LogP contribution in [0.2, 0.25) is 0 Å². The Bertz CT molecular complexity index is 694. The van der Waals surface area contributed by atoms with Crippen molar-refractivity contribution >= 4 is 19.8 Å². The van der Waals surface area contributed by atoms with Crippen LogP contribution in [0.5, 0.6) is 0 Å². The van der Waals surface area contributed by atoms with Crippen LogP contribution < -0.4 is 5.73 Å². The molecule has 0 saturated heterocycles. The first-order valence-corrected chi connectivity index (χ1v) is 18.9. The molecule has 0 aromatic carbocycles. The van der Waals surface area contributed by atoms with E-state index in [0.29, 0.717) is 0 Å². The first-order valence-electron chi connectivity index (χ1n) is 17.5. The number of carbonyl (C=O) groups is 2. The molecule has 0 radical (unpaired) electrons. The van der Waals surface area contributed by atoms with E-state index in [1.807, 2.05) is 0 Å². The van der Waals surface area contributed by atoms with Crippen LogP contribution in [0, 0.1) is 0 Å². The number of phosphoric acid groups is 1. The Morgan fingerprint density at radius 3 is 1.42 bits per heavy atom. The summed E-state index contributed by atoms with van der Waals surface area (Å²) in [5, 5.41) is 0. The summed E-state index contributed by atoms with van der Waals surface area (Å²) in [6.07, 6.45) is 29.7. The molecule has 0 aromatic heterocycles. The zero-order chi connectivity index (χ0) is 31.9. The van der Waals surface area contributed by atoms with Crippen molar-refractivity contribution in [3.63, 3.8) is 0 Å². The summed E-state index contributed by atoms with van der Waals surface area (Å²) in [5.74, 6) is -1.01. The zero-order valence-electron chi connectivity index (χ0n) is 27.7. The van der Waals surface area contributed by atoms with Gasteiger partial charge in [-0.05, 0) is 6.42 Å². The third-order valence-electron chi connectivity index (χ3n) is 7.54. The van der Waals surface area contributed by atoms with Gasteiger partial charge >= 0.3 is 19.8 Å². The van der Waals surface area contributed by atoms with E-state index in [4.69, 9.17) is 19.7 Å². The maximum Gasteiger partial charge on any atom is 0.472 e. The molecule has 10 heteroatoms. The molecule has 0 aliphatic heterocycles. The predicted molar refractivity (Wildman–Crippen MR) is 174 cm³/mol. The highest BCUT2D eigenvalue weighted by Gasteiger charge is 2.25. The topological polar surface area (TPSA) is 134 Å². The minimum absolute atomic E-state index is 0.0541. The molecule has 0 fully saturated rings. The first-order chi connectivity index (χ1) is 20.8. The van der Waals surface area contributed by atoms with Crippen LogP contribution in [-0.2, 0) is 32.7 Å². The lowest BCUT2D eigenvalue weighted by Gasteiger charge is -2.19. The van der Waals surface area contributed by atoms with Gasteiger partial charge in [0, 0.05) is 19.9 Å². The van der Waals surface area contributed by atoms with Crippen molar-refractivity contribution in [3.8, 4) is 0 Å². The third-order valence-corrected chi connectivity index (χ3v) is 8.53. The quantitative estimate of drug-likeness (QED) is 0.0411. The molecular formula is C33H66NO8P. The Kier molecular flexibility index (Phi) is 30.3. The van der Waals surface area contributed by atoms with Crippen LogP contribution in [0.3, 0.4) is 0 Å². The average molecular weight is 636 g/mol. The molecule has 0 heterocycles. The summed E-state index contributed by atoms with van der Waals surface area (Å²) in [7, 11) is -4.32. The normalized spacial score (nSPS) is 13.5. The lowest BCUT2D eigenvalue weighted by molar-refractivity contribution is -0.159. The minimum atomic E-state index is -4.32. The van der Waals surface area contributed by atoms with Crippen molar-refractivity contribution < 1.29 is 37.6 Å². The van der Waals surface area contributed by atoms with Gasteiger partial charge in [-0.3, -0.25) is 18.6 Å². The Balaban J connectivity index is 3.53. The number of hydrogen-bond acceptors (Lipinski definition) is 8. The van der Waals surface area contributed by atoms with E-state index in [1.165, 1.54) is 135 Å². The molecule has 0 saturated carbocycles. The van der Waals surface area contributed by atoms with Gasteiger partial charge in [0.2, 0.25) is 0 Å². The summed E-state index contributed by atoms with van der Waals surface area (Å²) in [6, 6.07) is 0. The van der Waals surface area contributed by atoms with Crippen molar-refractivity contribution in [1.29, 1.82) is 0 Å². The number of unbranched alkanes of at least 4 members (excludes halogenated alkanes) is 22. The first kappa shape index (κ1) is 42.0. The van der Waals surface area contributed by atoms with Gasteiger partial charge in [-0.2, -0.15) is 0 Å². The molecule has 0 aromatic rings. The largest absolute Gasteiger partial charge is 0.472 e. The predicted octanol–water partition coefficient (Wildman–Crippen LogP) is 8.94. The second-order valence-electron chi connectivity index (χ2n) is 11.8. The number of phosphoric ester groups is 1. The summed E-state index contributed by atoms with van der Waals surface area (Å²) >= 11 is 0. The summed E-state index contributed by atoms with van der Waals surface area (Å²) in [5.41, 5.74) is 5.23. The fourth-order valence-electron chi connectivity index (χ4n) is 5.05. The van der Waals surface area contributed by atoms with Crippen LogP contribution in [0.1, 0.15) is 168 Å². The van der Waals surface area contributed by atoms with E-state index in [0.717, 1.165) is 19.3 Å².